The highest BCUT2D eigenvalue weighted by molar-refractivity contribution is 7.89. The van der Waals surface area contributed by atoms with Gasteiger partial charge in [-0.2, -0.15) is 4.31 Å². The van der Waals surface area contributed by atoms with Crippen LogP contribution in [-0.4, -0.2) is 67.6 Å². The van der Waals surface area contributed by atoms with E-state index in [1.165, 1.54) is 17.0 Å². The summed E-state index contributed by atoms with van der Waals surface area (Å²) in [5.74, 6) is -1.99. The number of rotatable bonds is 12. The molecule has 0 aliphatic carbocycles. The zero-order valence-electron chi connectivity index (χ0n) is 28.1. The fourth-order valence-corrected chi connectivity index (χ4v) is 7.16. The largest absolute Gasteiger partial charge is 0.573 e. The first-order chi connectivity index (χ1) is 24.8. The molecule has 11 nitrogen and oxygen atoms in total. The first-order valence-electron chi connectivity index (χ1n) is 16.4. The van der Waals surface area contributed by atoms with Crippen molar-refractivity contribution < 1.29 is 45.4 Å². The highest BCUT2D eigenvalue weighted by Gasteiger charge is 2.41. The summed E-state index contributed by atoms with van der Waals surface area (Å²) in [6, 6.07) is 24.4. The van der Waals surface area contributed by atoms with Crippen LogP contribution < -0.4 is 15.4 Å². The van der Waals surface area contributed by atoms with Crippen LogP contribution in [0.4, 0.5) is 23.7 Å². The van der Waals surface area contributed by atoms with Gasteiger partial charge < -0.3 is 25.0 Å². The van der Waals surface area contributed by atoms with Gasteiger partial charge in [0.2, 0.25) is 15.9 Å². The summed E-state index contributed by atoms with van der Waals surface area (Å²) in [4.78, 5) is 41.2. The van der Waals surface area contributed by atoms with Gasteiger partial charge in [0.15, 0.2) is 0 Å². The van der Waals surface area contributed by atoms with Crippen LogP contribution in [0.25, 0.3) is 0 Å². The second-order valence-corrected chi connectivity index (χ2v) is 13.8. The van der Waals surface area contributed by atoms with Crippen LogP contribution in [0, 0.1) is 0 Å². The molecule has 0 spiro atoms. The number of nitrogens with zero attached hydrogens (tertiary/aromatic N) is 2. The normalized spacial score (nSPS) is 15.1. The Hall–Kier alpha value is -5.41. The zero-order valence-corrected chi connectivity index (χ0v) is 29.0. The number of sulfonamides is 1. The standard InChI is InChI=1S/C37H37F3N4O7S/c1-2-8-26-13-15-27(16-14-26)23-41-34(45)33-24-43(21-22-44(33)52(48,49)30-19-17-29(18-20-30)51-37(38,39)40)36(47)42-32-12-7-6-11-31(32)35(46)50-25-28-9-4-3-5-10-28/h3-7,9-20,33H,2,8,21-25H2,1H3,(H,41,45)(H,42,47)/t33-/m1/s1. The number of halogens is 3. The van der Waals surface area contributed by atoms with Crippen molar-refractivity contribution >= 4 is 33.6 Å². The molecule has 1 aliphatic rings. The van der Waals surface area contributed by atoms with E-state index in [9.17, 15) is 36.0 Å². The molecule has 1 saturated heterocycles. The third-order valence-electron chi connectivity index (χ3n) is 8.21. The van der Waals surface area contributed by atoms with E-state index in [0.29, 0.717) is 0 Å². The summed E-state index contributed by atoms with van der Waals surface area (Å²) >= 11 is 0. The molecule has 274 valence electrons. The first-order valence-corrected chi connectivity index (χ1v) is 17.9. The number of benzene rings is 4. The van der Waals surface area contributed by atoms with Crippen LogP contribution in [0.3, 0.4) is 0 Å². The Bertz CT molecular complexity index is 1960. The second-order valence-electron chi connectivity index (χ2n) is 11.9. The minimum Gasteiger partial charge on any atom is -0.457 e. The van der Waals surface area contributed by atoms with Gasteiger partial charge in [0.25, 0.3) is 0 Å². The molecular formula is C37H37F3N4O7S. The molecule has 1 atom stereocenters. The predicted molar refractivity (Wildman–Crippen MR) is 186 cm³/mol. The maximum absolute atomic E-state index is 13.8. The fraction of sp³-hybridized carbons (Fsp3) is 0.270. The summed E-state index contributed by atoms with van der Waals surface area (Å²) in [5, 5.41) is 5.44. The summed E-state index contributed by atoms with van der Waals surface area (Å²) in [5.41, 5.74) is 2.90. The van der Waals surface area contributed by atoms with E-state index in [0.717, 1.165) is 58.1 Å². The summed E-state index contributed by atoms with van der Waals surface area (Å²) in [7, 11) is -4.45. The van der Waals surface area contributed by atoms with Crippen molar-refractivity contribution in [1.82, 2.24) is 14.5 Å². The van der Waals surface area contributed by atoms with Gasteiger partial charge in [0.1, 0.15) is 18.4 Å². The number of alkyl halides is 3. The minimum atomic E-state index is -4.97. The molecule has 4 aromatic rings. The van der Waals surface area contributed by atoms with Crippen molar-refractivity contribution in [3.63, 3.8) is 0 Å². The first kappa shape index (κ1) is 37.8. The predicted octanol–water partition coefficient (Wildman–Crippen LogP) is 6.12. The Morgan fingerprint density at radius 3 is 2.15 bits per heavy atom. The number of carbonyl (C=O) groups excluding carboxylic acids is 3. The van der Waals surface area contributed by atoms with Crippen molar-refractivity contribution in [2.45, 2.75) is 50.2 Å². The maximum Gasteiger partial charge on any atom is 0.573 e. The van der Waals surface area contributed by atoms with Gasteiger partial charge in [-0.15, -0.1) is 13.2 Å². The molecule has 1 fully saturated rings. The number of hydrogen-bond acceptors (Lipinski definition) is 7. The van der Waals surface area contributed by atoms with E-state index < -0.39 is 46.1 Å². The number of urea groups is 1. The van der Waals surface area contributed by atoms with Crippen molar-refractivity contribution in [3.8, 4) is 5.75 Å². The Kier molecular flexibility index (Phi) is 12.2. The van der Waals surface area contributed by atoms with Crippen molar-refractivity contribution in [3.05, 3.63) is 125 Å². The van der Waals surface area contributed by atoms with E-state index >= 15 is 0 Å². The number of amides is 3. The molecule has 4 aromatic carbocycles. The number of hydrogen-bond donors (Lipinski definition) is 2. The number of anilines is 1. The Morgan fingerprint density at radius 1 is 0.827 bits per heavy atom. The minimum absolute atomic E-state index is 0.0101. The van der Waals surface area contributed by atoms with Crippen molar-refractivity contribution in [2.75, 3.05) is 25.0 Å². The molecule has 0 radical (unpaired) electrons. The molecule has 1 heterocycles. The monoisotopic (exact) mass is 738 g/mol. The number of aryl methyl sites for hydroxylation is 1. The average Bonchev–Trinajstić information content (AvgIpc) is 3.13. The SMILES string of the molecule is CCCc1ccc(CNC(=O)[C@H]2CN(C(=O)Nc3ccccc3C(=O)OCc3ccccc3)CCN2S(=O)(=O)c2ccc(OC(F)(F)F)cc2)cc1. The molecule has 0 aromatic heterocycles. The average molecular weight is 739 g/mol. The Morgan fingerprint density at radius 2 is 1.48 bits per heavy atom. The van der Waals surface area contributed by atoms with Gasteiger partial charge in [0, 0.05) is 26.2 Å². The molecule has 0 bridgehead atoms. The topological polar surface area (TPSA) is 134 Å². The third-order valence-corrected chi connectivity index (χ3v) is 10.1. The van der Waals surface area contributed by atoms with Crippen LogP contribution in [0.2, 0.25) is 0 Å². The Balaban J connectivity index is 1.33. The molecule has 0 saturated carbocycles. The summed E-state index contributed by atoms with van der Waals surface area (Å²) in [6.07, 6.45) is -3.12. The molecule has 52 heavy (non-hydrogen) atoms. The number of ether oxygens (including phenoxy) is 2. The maximum atomic E-state index is 13.8. The lowest BCUT2D eigenvalue weighted by Gasteiger charge is -2.39. The van der Waals surface area contributed by atoms with Gasteiger partial charge >= 0.3 is 18.4 Å². The molecule has 2 N–H and O–H groups in total. The molecule has 0 unspecified atom stereocenters. The van der Waals surface area contributed by atoms with Gasteiger partial charge in [0.05, 0.1) is 16.1 Å². The van der Waals surface area contributed by atoms with Gasteiger partial charge in [-0.1, -0.05) is 80.1 Å². The Labute approximate surface area is 299 Å². The van der Waals surface area contributed by atoms with Gasteiger partial charge in [-0.25, -0.2) is 18.0 Å². The van der Waals surface area contributed by atoms with Gasteiger partial charge in [-0.05, 0) is 59.5 Å². The molecular weight excluding hydrogens is 701 g/mol. The van der Waals surface area contributed by atoms with E-state index in [-0.39, 0.29) is 48.9 Å². The van der Waals surface area contributed by atoms with Crippen molar-refractivity contribution in [1.29, 1.82) is 0 Å². The second kappa shape index (κ2) is 16.7. The quantitative estimate of drug-likeness (QED) is 0.167. The van der Waals surface area contributed by atoms with E-state index in [4.69, 9.17) is 4.74 Å². The van der Waals surface area contributed by atoms with Gasteiger partial charge in [-0.3, -0.25) is 4.79 Å². The van der Waals surface area contributed by atoms with Crippen LogP contribution in [0.5, 0.6) is 5.75 Å². The number of para-hydroxylation sites is 1. The van der Waals surface area contributed by atoms with Crippen molar-refractivity contribution in [2.24, 2.45) is 0 Å². The molecule has 5 rings (SSSR count). The van der Waals surface area contributed by atoms with E-state index in [2.05, 4.69) is 22.3 Å². The summed E-state index contributed by atoms with van der Waals surface area (Å²) < 4.78 is 76.0. The van der Waals surface area contributed by atoms with E-state index in [1.54, 1.807) is 24.3 Å². The number of carbonyl (C=O) groups is 3. The highest BCUT2D eigenvalue weighted by Crippen LogP contribution is 2.28. The molecule has 1 aliphatic heterocycles. The number of nitrogens with one attached hydrogen (secondary N) is 2. The van der Waals surface area contributed by atoms with Crippen LogP contribution in [0.1, 0.15) is 40.4 Å². The van der Waals surface area contributed by atoms with E-state index in [1.807, 2.05) is 42.5 Å². The summed E-state index contributed by atoms with van der Waals surface area (Å²) in [6.45, 7) is 1.30. The molecule has 3 amide bonds. The number of piperazine rings is 1. The highest BCUT2D eigenvalue weighted by atomic mass is 32.2. The van der Waals surface area contributed by atoms with Crippen LogP contribution in [-0.2, 0) is 39.1 Å². The van der Waals surface area contributed by atoms with Crippen LogP contribution in [0.15, 0.2) is 108 Å². The smallest absolute Gasteiger partial charge is 0.457 e. The lowest BCUT2D eigenvalue weighted by Crippen LogP contribution is -2.61. The number of esters is 1. The zero-order chi connectivity index (χ0) is 37.3. The lowest BCUT2D eigenvalue weighted by molar-refractivity contribution is -0.274. The fourth-order valence-electron chi connectivity index (χ4n) is 5.59. The third kappa shape index (κ3) is 9.88. The molecule has 15 heteroatoms. The lowest BCUT2D eigenvalue weighted by atomic mass is 10.1. The van der Waals surface area contributed by atoms with Crippen LogP contribution >= 0.6 is 0 Å².